The zero-order chi connectivity index (χ0) is 11.0. The summed E-state index contributed by atoms with van der Waals surface area (Å²) in [7, 11) is 0. The fraction of sp³-hybridized carbons (Fsp3) is 0.286. The minimum Gasteiger partial charge on any atom is -0.397 e. The van der Waals surface area contributed by atoms with E-state index in [1.807, 2.05) is 18.2 Å². The number of fused-ring (bicyclic) bond motifs is 1. The van der Waals surface area contributed by atoms with E-state index in [-0.39, 0.29) is 0 Å². The lowest BCUT2D eigenvalue weighted by Crippen LogP contribution is -2.07. The third kappa shape index (κ3) is 1.42. The number of para-hydroxylation sites is 2. The van der Waals surface area contributed by atoms with Gasteiger partial charge in [0.15, 0.2) is 0 Å². The summed E-state index contributed by atoms with van der Waals surface area (Å²) in [6, 6.07) is 10.3. The molecule has 0 spiro atoms. The average Bonchev–Trinajstić information content (AvgIpc) is 2.74. The molecule has 0 fully saturated rings. The molecule has 0 radical (unpaired) electrons. The minimum atomic E-state index is 0.853. The first-order valence-electron chi connectivity index (χ1n) is 5.90. The predicted octanol–water partition coefficient (Wildman–Crippen LogP) is 2.94. The number of benzene rings is 1. The number of nitrogen functional groups attached to an aromatic ring is 1. The van der Waals surface area contributed by atoms with Crippen LogP contribution in [0.3, 0.4) is 0 Å². The molecule has 2 nitrogen and oxygen atoms in total. The van der Waals surface area contributed by atoms with Crippen molar-refractivity contribution in [1.82, 2.24) is 4.57 Å². The molecule has 16 heavy (non-hydrogen) atoms. The summed E-state index contributed by atoms with van der Waals surface area (Å²) < 4.78 is 2.25. The Hall–Kier alpha value is -1.70. The van der Waals surface area contributed by atoms with Crippen molar-refractivity contribution >= 4 is 5.69 Å². The lowest BCUT2D eigenvalue weighted by molar-refractivity contribution is 0.663. The summed E-state index contributed by atoms with van der Waals surface area (Å²) in [5.41, 5.74) is 10.9. The first kappa shape index (κ1) is 9.52. The van der Waals surface area contributed by atoms with E-state index in [9.17, 15) is 0 Å². The largest absolute Gasteiger partial charge is 0.397 e. The molecule has 2 N–H and O–H groups in total. The molecule has 1 aliphatic carbocycles. The van der Waals surface area contributed by atoms with Crippen LogP contribution < -0.4 is 5.73 Å². The Morgan fingerprint density at radius 3 is 2.69 bits per heavy atom. The van der Waals surface area contributed by atoms with Crippen molar-refractivity contribution in [2.45, 2.75) is 25.7 Å². The van der Waals surface area contributed by atoms with Crippen LogP contribution in [0.4, 0.5) is 5.69 Å². The third-order valence-electron chi connectivity index (χ3n) is 3.39. The molecule has 1 aliphatic rings. The summed E-state index contributed by atoms with van der Waals surface area (Å²) in [5, 5.41) is 0. The Bertz CT molecular complexity index is 511. The first-order chi connectivity index (χ1) is 7.86. The molecule has 0 saturated heterocycles. The van der Waals surface area contributed by atoms with Crippen LogP contribution in [0.25, 0.3) is 5.69 Å². The molecule has 0 bridgehead atoms. The monoisotopic (exact) mass is 212 g/mol. The minimum absolute atomic E-state index is 0.853. The average molecular weight is 212 g/mol. The van der Waals surface area contributed by atoms with Gasteiger partial charge in [0.2, 0.25) is 0 Å². The molecule has 1 aromatic heterocycles. The van der Waals surface area contributed by atoms with Gasteiger partial charge in [0.1, 0.15) is 0 Å². The van der Waals surface area contributed by atoms with Gasteiger partial charge in [0.05, 0.1) is 11.4 Å². The second-order valence-electron chi connectivity index (χ2n) is 4.42. The van der Waals surface area contributed by atoms with Crippen molar-refractivity contribution in [2.24, 2.45) is 0 Å². The second-order valence-corrected chi connectivity index (χ2v) is 4.42. The van der Waals surface area contributed by atoms with E-state index in [0.717, 1.165) is 11.4 Å². The number of aromatic nitrogens is 1. The van der Waals surface area contributed by atoms with Crippen LogP contribution in [0.15, 0.2) is 36.5 Å². The highest BCUT2D eigenvalue weighted by Gasteiger charge is 2.15. The highest BCUT2D eigenvalue weighted by molar-refractivity contribution is 5.58. The van der Waals surface area contributed by atoms with E-state index in [1.165, 1.54) is 36.9 Å². The number of hydrogen-bond donors (Lipinski definition) is 1. The van der Waals surface area contributed by atoms with Crippen LogP contribution in [0.1, 0.15) is 24.1 Å². The van der Waals surface area contributed by atoms with Gasteiger partial charge in [-0.3, -0.25) is 0 Å². The van der Waals surface area contributed by atoms with E-state index < -0.39 is 0 Å². The molecule has 2 heteroatoms. The van der Waals surface area contributed by atoms with Crippen molar-refractivity contribution in [3.8, 4) is 5.69 Å². The first-order valence-corrected chi connectivity index (χ1v) is 5.90. The second kappa shape index (κ2) is 3.71. The fourth-order valence-corrected chi connectivity index (χ4v) is 2.55. The molecule has 1 aromatic carbocycles. The number of hydrogen-bond acceptors (Lipinski definition) is 1. The topological polar surface area (TPSA) is 30.9 Å². The van der Waals surface area contributed by atoms with Gasteiger partial charge in [0, 0.05) is 11.9 Å². The van der Waals surface area contributed by atoms with Gasteiger partial charge >= 0.3 is 0 Å². The summed E-state index contributed by atoms with van der Waals surface area (Å²) in [5.74, 6) is 0. The molecule has 0 aliphatic heterocycles. The van der Waals surface area contributed by atoms with Gasteiger partial charge in [-0.1, -0.05) is 12.1 Å². The normalized spacial score (nSPS) is 14.8. The Labute approximate surface area is 95.7 Å². The van der Waals surface area contributed by atoms with E-state index in [2.05, 4.69) is 22.9 Å². The van der Waals surface area contributed by atoms with Gasteiger partial charge in [-0.25, -0.2) is 0 Å². The van der Waals surface area contributed by atoms with Crippen molar-refractivity contribution in [2.75, 3.05) is 5.73 Å². The number of nitrogens with two attached hydrogens (primary N) is 1. The number of aryl methyl sites for hydroxylation is 1. The quantitative estimate of drug-likeness (QED) is 0.724. The highest BCUT2D eigenvalue weighted by atomic mass is 15.0. The van der Waals surface area contributed by atoms with E-state index in [0.29, 0.717) is 0 Å². The van der Waals surface area contributed by atoms with Crippen LogP contribution in [-0.2, 0) is 12.8 Å². The molecule has 1 heterocycles. The molecule has 0 unspecified atom stereocenters. The van der Waals surface area contributed by atoms with Crippen molar-refractivity contribution < 1.29 is 0 Å². The zero-order valence-corrected chi connectivity index (χ0v) is 9.32. The van der Waals surface area contributed by atoms with Gasteiger partial charge in [-0.05, 0) is 49.4 Å². The molecular weight excluding hydrogens is 196 g/mol. The Morgan fingerprint density at radius 2 is 1.81 bits per heavy atom. The molecule has 0 saturated carbocycles. The highest BCUT2D eigenvalue weighted by Crippen LogP contribution is 2.27. The third-order valence-corrected chi connectivity index (χ3v) is 3.39. The van der Waals surface area contributed by atoms with Crippen LogP contribution in [0, 0.1) is 0 Å². The van der Waals surface area contributed by atoms with Crippen LogP contribution >= 0.6 is 0 Å². The number of rotatable bonds is 1. The van der Waals surface area contributed by atoms with E-state index in [4.69, 9.17) is 5.73 Å². The van der Waals surface area contributed by atoms with Crippen LogP contribution in [0.2, 0.25) is 0 Å². The maximum Gasteiger partial charge on any atom is 0.0683 e. The van der Waals surface area contributed by atoms with Crippen molar-refractivity contribution in [3.05, 3.63) is 47.8 Å². The zero-order valence-electron chi connectivity index (χ0n) is 9.32. The predicted molar refractivity (Wildman–Crippen MR) is 66.8 cm³/mol. The lowest BCUT2D eigenvalue weighted by Gasteiger charge is -2.16. The van der Waals surface area contributed by atoms with Crippen LogP contribution in [0.5, 0.6) is 0 Å². The van der Waals surface area contributed by atoms with Gasteiger partial charge < -0.3 is 10.3 Å². The lowest BCUT2D eigenvalue weighted by atomic mass is 9.98. The van der Waals surface area contributed by atoms with E-state index in [1.54, 1.807) is 0 Å². The Kier molecular flexibility index (Phi) is 2.21. The van der Waals surface area contributed by atoms with Crippen molar-refractivity contribution in [1.29, 1.82) is 0 Å². The summed E-state index contributed by atoms with van der Waals surface area (Å²) >= 11 is 0. The number of nitrogens with zero attached hydrogens (tertiary/aromatic N) is 1. The Balaban J connectivity index is 2.13. The van der Waals surface area contributed by atoms with Crippen LogP contribution in [-0.4, -0.2) is 4.57 Å². The Morgan fingerprint density at radius 1 is 1.00 bits per heavy atom. The summed E-state index contributed by atoms with van der Waals surface area (Å²) in [6.45, 7) is 0. The smallest absolute Gasteiger partial charge is 0.0683 e. The molecule has 3 rings (SSSR count). The molecule has 2 aromatic rings. The number of anilines is 1. The fourth-order valence-electron chi connectivity index (χ4n) is 2.55. The SMILES string of the molecule is Nc1ccccc1-n1ccc2c1CCCC2. The molecule has 0 amide bonds. The molecule has 0 atom stereocenters. The maximum absolute atomic E-state index is 6.02. The van der Waals surface area contributed by atoms with Gasteiger partial charge in [-0.2, -0.15) is 0 Å². The molecular formula is C14H16N2. The standard InChI is InChI=1S/C14H16N2/c15-12-6-2-4-8-14(12)16-10-9-11-5-1-3-7-13(11)16/h2,4,6,8-10H,1,3,5,7,15H2. The summed E-state index contributed by atoms with van der Waals surface area (Å²) in [4.78, 5) is 0. The summed E-state index contributed by atoms with van der Waals surface area (Å²) in [6.07, 6.45) is 7.17. The maximum atomic E-state index is 6.02. The van der Waals surface area contributed by atoms with Gasteiger partial charge in [0.25, 0.3) is 0 Å². The molecule has 82 valence electrons. The van der Waals surface area contributed by atoms with E-state index >= 15 is 0 Å². The van der Waals surface area contributed by atoms with Gasteiger partial charge in [-0.15, -0.1) is 0 Å². The van der Waals surface area contributed by atoms with Crippen molar-refractivity contribution in [3.63, 3.8) is 0 Å².